The molecule has 0 unspecified atom stereocenters. The summed E-state index contributed by atoms with van der Waals surface area (Å²) in [6.07, 6.45) is 2.35. The number of aromatic nitrogens is 2. The van der Waals surface area contributed by atoms with Crippen LogP contribution >= 0.6 is 11.3 Å². The van der Waals surface area contributed by atoms with Gasteiger partial charge in [-0.2, -0.15) is 0 Å². The lowest BCUT2D eigenvalue weighted by molar-refractivity contribution is 0.0934. The topological polar surface area (TPSA) is 107 Å². The van der Waals surface area contributed by atoms with E-state index in [1.807, 2.05) is 0 Å². The van der Waals surface area contributed by atoms with Crippen LogP contribution in [0.1, 0.15) is 59.9 Å². The molecular weight excluding hydrogens is 352 g/mol. The first kappa shape index (κ1) is 17.1. The molecule has 3 heterocycles. The first-order valence-electron chi connectivity index (χ1n) is 8.78. The van der Waals surface area contributed by atoms with Crippen LogP contribution < -0.4 is 21.9 Å². The van der Waals surface area contributed by atoms with Crippen molar-refractivity contribution in [2.24, 2.45) is 11.3 Å². The second-order valence-electron chi connectivity index (χ2n) is 8.11. The standard InChI is InChI=1S/C18H22N4O3S/c1-18(2,3)8-4-5-9-11(6-8)26-16-13(9)15(24)21-14(22-16)10-7-12(23)20-17(25)19-10/h7-8,14,22H,4-6H2,1-3H3,(H,21,24)(H2,19,20,23,25)/t8-,14+/m0/s1. The molecular formula is C18H22N4O3S. The maximum absolute atomic E-state index is 12.7. The van der Waals surface area contributed by atoms with Crippen LogP contribution in [0.25, 0.3) is 0 Å². The fraction of sp³-hybridized carbons (Fsp3) is 0.500. The highest BCUT2D eigenvalue weighted by atomic mass is 32.1. The van der Waals surface area contributed by atoms with Gasteiger partial charge in [0.05, 0.1) is 11.3 Å². The highest BCUT2D eigenvalue weighted by Gasteiger charge is 2.36. The van der Waals surface area contributed by atoms with E-state index >= 15 is 0 Å². The van der Waals surface area contributed by atoms with Gasteiger partial charge in [-0.25, -0.2) is 4.79 Å². The Morgan fingerprint density at radius 3 is 2.58 bits per heavy atom. The molecule has 7 nitrogen and oxygen atoms in total. The first-order valence-corrected chi connectivity index (χ1v) is 9.59. The maximum Gasteiger partial charge on any atom is 0.326 e. The number of carbonyl (C=O) groups excluding carboxylic acids is 1. The Balaban J connectivity index is 1.68. The third-order valence-electron chi connectivity index (χ3n) is 5.36. The first-order chi connectivity index (χ1) is 12.2. The van der Waals surface area contributed by atoms with Crippen LogP contribution in [0.2, 0.25) is 0 Å². The number of nitrogens with one attached hydrogen (secondary N) is 4. The summed E-state index contributed by atoms with van der Waals surface area (Å²) in [4.78, 5) is 41.8. The summed E-state index contributed by atoms with van der Waals surface area (Å²) >= 11 is 1.62. The van der Waals surface area contributed by atoms with Gasteiger partial charge in [-0.15, -0.1) is 11.3 Å². The number of thiophene rings is 1. The minimum atomic E-state index is -0.622. The highest BCUT2D eigenvalue weighted by molar-refractivity contribution is 7.16. The lowest BCUT2D eigenvalue weighted by Crippen LogP contribution is -2.40. The molecule has 0 fully saturated rings. The van der Waals surface area contributed by atoms with Gasteiger partial charge in [-0.05, 0) is 36.2 Å². The summed E-state index contributed by atoms with van der Waals surface area (Å²) in [5, 5.41) is 6.95. The van der Waals surface area contributed by atoms with Crippen molar-refractivity contribution < 1.29 is 4.79 Å². The van der Waals surface area contributed by atoms with Crippen LogP contribution in [0, 0.1) is 11.3 Å². The minimum Gasteiger partial charge on any atom is -0.351 e. The number of hydrogen-bond donors (Lipinski definition) is 4. The second-order valence-corrected chi connectivity index (χ2v) is 9.21. The molecule has 2 aromatic heterocycles. The Labute approximate surface area is 154 Å². The van der Waals surface area contributed by atoms with E-state index in [9.17, 15) is 14.4 Å². The van der Waals surface area contributed by atoms with Crippen LogP contribution in [-0.2, 0) is 12.8 Å². The Kier molecular flexibility index (Phi) is 3.83. The fourth-order valence-electron chi connectivity index (χ4n) is 3.84. The molecule has 0 saturated heterocycles. The van der Waals surface area contributed by atoms with E-state index in [2.05, 4.69) is 41.4 Å². The van der Waals surface area contributed by atoms with E-state index in [0.717, 1.165) is 35.4 Å². The summed E-state index contributed by atoms with van der Waals surface area (Å²) in [7, 11) is 0. The molecule has 2 aromatic rings. The van der Waals surface area contributed by atoms with Crippen molar-refractivity contribution in [1.29, 1.82) is 0 Å². The van der Waals surface area contributed by atoms with Crippen LogP contribution in [0.3, 0.4) is 0 Å². The minimum absolute atomic E-state index is 0.156. The number of hydrogen-bond acceptors (Lipinski definition) is 5. The van der Waals surface area contributed by atoms with E-state index < -0.39 is 17.4 Å². The summed E-state index contributed by atoms with van der Waals surface area (Å²) in [5.74, 6) is 0.439. The molecule has 2 aliphatic rings. The normalized spacial score (nSPS) is 22.2. The average molecular weight is 374 g/mol. The van der Waals surface area contributed by atoms with E-state index in [-0.39, 0.29) is 11.3 Å². The van der Waals surface area contributed by atoms with Gasteiger partial charge in [0.25, 0.3) is 11.5 Å². The van der Waals surface area contributed by atoms with E-state index in [4.69, 9.17) is 0 Å². The van der Waals surface area contributed by atoms with Gasteiger partial charge in [0.2, 0.25) is 0 Å². The SMILES string of the molecule is CC(C)(C)[C@H]1CCc2c(sc3c2C(=O)N[C@@H](c2cc(=O)[nH]c(=O)[nH]2)N3)C1. The summed E-state index contributed by atoms with van der Waals surface area (Å²) in [6, 6.07) is 1.29. The molecule has 0 bridgehead atoms. The predicted octanol–water partition coefficient (Wildman–Crippen LogP) is 2.13. The van der Waals surface area contributed by atoms with Crippen LogP contribution in [0.4, 0.5) is 5.00 Å². The molecule has 1 aliphatic carbocycles. The molecule has 4 rings (SSSR count). The molecule has 0 aromatic carbocycles. The van der Waals surface area contributed by atoms with Gasteiger partial charge in [-0.3, -0.25) is 14.6 Å². The Morgan fingerprint density at radius 2 is 1.88 bits per heavy atom. The lowest BCUT2D eigenvalue weighted by Gasteiger charge is -2.34. The van der Waals surface area contributed by atoms with Crippen molar-refractivity contribution in [2.45, 2.75) is 46.2 Å². The summed E-state index contributed by atoms with van der Waals surface area (Å²) < 4.78 is 0. The quantitative estimate of drug-likeness (QED) is 0.613. The molecule has 1 amide bonds. The average Bonchev–Trinajstić information content (AvgIpc) is 2.90. The van der Waals surface area contributed by atoms with E-state index in [1.54, 1.807) is 11.3 Å². The van der Waals surface area contributed by atoms with Gasteiger partial charge in [0, 0.05) is 10.9 Å². The molecule has 1 aliphatic heterocycles. The number of H-pyrrole nitrogens is 2. The molecule has 26 heavy (non-hydrogen) atoms. The fourth-order valence-corrected chi connectivity index (χ4v) is 5.19. The van der Waals surface area contributed by atoms with Gasteiger partial charge in [0.15, 0.2) is 0 Å². The molecule has 4 N–H and O–H groups in total. The second kappa shape index (κ2) is 5.84. The van der Waals surface area contributed by atoms with Crippen molar-refractivity contribution >= 4 is 22.2 Å². The van der Waals surface area contributed by atoms with E-state index in [0.29, 0.717) is 11.6 Å². The molecule has 0 saturated carbocycles. The van der Waals surface area contributed by atoms with Crippen molar-refractivity contribution in [1.82, 2.24) is 15.3 Å². The van der Waals surface area contributed by atoms with Crippen molar-refractivity contribution in [2.75, 3.05) is 5.32 Å². The molecule has 0 radical (unpaired) electrons. The van der Waals surface area contributed by atoms with Gasteiger partial charge >= 0.3 is 5.69 Å². The summed E-state index contributed by atoms with van der Waals surface area (Å²) in [5.41, 5.74) is 1.37. The van der Waals surface area contributed by atoms with E-state index in [1.165, 1.54) is 10.9 Å². The molecule has 8 heteroatoms. The van der Waals surface area contributed by atoms with Crippen molar-refractivity contribution in [3.8, 4) is 0 Å². The smallest absolute Gasteiger partial charge is 0.326 e. The van der Waals surface area contributed by atoms with Gasteiger partial charge < -0.3 is 15.6 Å². The third-order valence-corrected chi connectivity index (χ3v) is 6.55. The Hall–Kier alpha value is -2.35. The number of amides is 1. The van der Waals surface area contributed by atoms with Crippen molar-refractivity contribution in [3.63, 3.8) is 0 Å². The van der Waals surface area contributed by atoms with Gasteiger partial charge in [0.1, 0.15) is 11.2 Å². The molecule has 138 valence electrons. The van der Waals surface area contributed by atoms with Crippen LogP contribution in [-0.4, -0.2) is 15.9 Å². The Morgan fingerprint density at radius 1 is 1.12 bits per heavy atom. The number of aromatic amines is 2. The van der Waals surface area contributed by atoms with Crippen LogP contribution in [0.15, 0.2) is 15.7 Å². The zero-order valence-electron chi connectivity index (χ0n) is 15.0. The number of carbonyl (C=O) groups is 1. The summed E-state index contributed by atoms with van der Waals surface area (Å²) in [6.45, 7) is 6.79. The Bertz CT molecular complexity index is 967. The largest absolute Gasteiger partial charge is 0.351 e. The van der Waals surface area contributed by atoms with Crippen LogP contribution in [0.5, 0.6) is 0 Å². The van der Waals surface area contributed by atoms with Crippen molar-refractivity contribution in [3.05, 3.63) is 48.6 Å². The monoisotopic (exact) mass is 374 g/mol. The zero-order valence-corrected chi connectivity index (χ0v) is 15.8. The zero-order chi connectivity index (χ0) is 18.6. The number of rotatable bonds is 1. The number of anilines is 1. The predicted molar refractivity (Wildman–Crippen MR) is 101 cm³/mol. The molecule has 0 spiro atoms. The highest BCUT2D eigenvalue weighted by Crippen LogP contribution is 2.45. The maximum atomic E-state index is 12.7. The number of fused-ring (bicyclic) bond motifs is 3. The third kappa shape index (κ3) is 2.88. The lowest BCUT2D eigenvalue weighted by atomic mass is 9.72. The van der Waals surface area contributed by atoms with Gasteiger partial charge in [-0.1, -0.05) is 20.8 Å². The molecule has 2 atom stereocenters.